The Bertz CT molecular complexity index is 479. The van der Waals surface area contributed by atoms with Crippen LogP contribution in [0.3, 0.4) is 0 Å². The van der Waals surface area contributed by atoms with E-state index in [1.807, 2.05) is 30.3 Å². The maximum atomic E-state index is 11.6. The summed E-state index contributed by atoms with van der Waals surface area (Å²) in [5, 5.41) is 1.08. The Morgan fingerprint density at radius 2 is 1.61 bits per heavy atom. The Balaban J connectivity index is 2.91. The van der Waals surface area contributed by atoms with Gasteiger partial charge in [0.25, 0.3) is 0 Å². The van der Waals surface area contributed by atoms with Crippen molar-refractivity contribution < 1.29 is 18.4 Å². The number of benzene rings is 1. The van der Waals surface area contributed by atoms with Gasteiger partial charge in [-0.25, -0.2) is 4.79 Å². The van der Waals surface area contributed by atoms with Gasteiger partial charge >= 0.3 is 14.5 Å². The monoisotopic (exact) mass is 336 g/mol. The Hall–Kier alpha value is -1.43. The van der Waals surface area contributed by atoms with Gasteiger partial charge in [-0.3, -0.25) is 0 Å². The van der Waals surface area contributed by atoms with Crippen molar-refractivity contribution in [1.29, 1.82) is 0 Å². The van der Waals surface area contributed by atoms with Crippen LogP contribution in [0.4, 0.5) is 0 Å². The van der Waals surface area contributed by atoms with Gasteiger partial charge in [0.1, 0.15) is 0 Å². The highest BCUT2D eigenvalue weighted by Gasteiger charge is 2.40. The highest BCUT2D eigenvalue weighted by Crippen LogP contribution is 2.16. The molecule has 23 heavy (non-hydrogen) atoms. The minimum absolute atomic E-state index is 0.278. The van der Waals surface area contributed by atoms with Gasteiger partial charge in [-0.15, -0.1) is 0 Å². The molecule has 0 amide bonds. The van der Waals surface area contributed by atoms with E-state index in [9.17, 15) is 4.79 Å². The molecule has 1 rings (SSSR count). The van der Waals surface area contributed by atoms with Crippen molar-refractivity contribution in [3.8, 4) is 0 Å². The van der Waals surface area contributed by atoms with E-state index in [0.29, 0.717) is 24.8 Å². The number of rotatable bonds is 11. The lowest BCUT2D eigenvalue weighted by atomic mass is 10.4. The third-order valence-corrected chi connectivity index (χ3v) is 6.72. The first-order valence-electron chi connectivity index (χ1n) is 8.21. The molecule has 0 atom stereocenters. The summed E-state index contributed by atoms with van der Waals surface area (Å²) in [6.45, 7) is 10.9. The Kier molecular flexibility index (Phi) is 8.84. The zero-order valence-electron chi connectivity index (χ0n) is 14.5. The molecule has 0 aliphatic rings. The van der Waals surface area contributed by atoms with E-state index in [1.165, 1.54) is 0 Å². The molecule has 0 bridgehead atoms. The Morgan fingerprint density at radius 1 is 1.04 bits per heavy atom. The molecule has 0 saturated heterocycles. The van der Waals surface area contributed by atoms with Gasteiger partial charge in [0, 0.05) is 24.8 Å². The normalized spacial score (nSPS) is 11.3. The number of carbonyl (C=O) groups is 1. The summed E-state index contributed by atoms with van der Waals surface area (Å²) in [7, 11) is -2.62. The van der Waals surface area contributed by atoms with Crippen molar-refractivity contribution >= 4 is 19.7 Å². The fraction of sp³-hybridized carbons (Fsp3) is 0.500. The van der Waals surface area contributed by atoms with Gasteiger partial charge in [0.15, 0.2) is 0 Å². The average molecular weight is 337 g/mol. The van der Waals surface area contributed by atoms with Crippen LogP contribution in [-0.4, -0.2) is 34.4 Å². The molecule has 1 aromatic carbocycles. The maximum absolute atomic E-state index is 11.6. The summed E-state index contributed by atoms with van der Waals surface area (Å²) in [4.78, 5) is 11.6. The number of ether oxygens (including phenoxy) is 1. The quantitative estimate of drug-likeness (QED) is 0.353. The van der Waals surface area contributed by atoms with Gasteiger partial charge < -0.3 is 13.6 Å². The van der Waals surface area contributed by atoms with Crippen molar-refractivity contribution in [3.63, 3.8) is 0 Å². The third kappa shape index (κ3) is 6.29. The van der Waals surface area contributed by atoms with Crippen LogP contribution in [0.5, 0.6) is 0 Å². The van der Waals surface area contributed by atoms with E-state index in [4.69, 9.17) is 13.6 Å². The topological polar surface area (TPSA) is 44.8 Å². The first-order chi connectivity index (χ1) is 11.1. The van der Waals surface area contributed by atoms with E-state index in [0.717, 1.165) is 18.0 Å². The van der Waals surface area contributed by atoms with E-state index in [2.05, 4.69) is 20.4 Å². The minimum atomic E-state index is -2.62. The second-order valence-electron chi connectivity index (χ2n) is 5.48. The summed E-state index contributed by atoms with van der Waals surface area (Å²) in [6, 6.07) is 10.6. The third-order valence-electron chi connectivity index (χ3n) is 3.31. The van der Waals surface area contributed by atoms with Crippen molar-refractivity contribution in [3.05, 3.63) is 42.5 Å². The van der Waals surface area contributed by atoms with Crippen molar-refractivity contribution in [2.24, 2.45) is 0 Å². The van der Waals surface area contributed by atoms with Crippen LogP contribution in [0.15, 0.2) is 42.5 Å². The van der Waals surface area contributed by atoms with Gasteiger partial charge in [-0.05, 0) is 25.0 Å². The number of esters is 1. The smallest absolute Gasteiger partial charge is 0.375 e. The minimum Gasteiger partial charge on any atom is -0.462 e. The van der Waals surface area contributed by atoms with Crippen molar-refractivity contribution in [2.45, 2.75) is 39.7 Å². The van der Waals surface area contributed by atoms with Crippen LogP contribution in [0.25, 0.3) is 0 Å². The van der Waals surface area contributed by atoms with E-state index < -0.39 is 8.56 Å². The van der Waals surface area contributed by atoms with Crippen LogP contribution < -0.4 is 5.19 Å². The molecule has 0 unspecified atom stereocenters. The van der Waals surface area contributed by atoms with Crippen molar-refractivity contribution in [1.82, 2.24) is 0 Å². The Morgan fingerprint density at radius 3 is 2.09 bits per heavy atom. The second-order valence-corrected chi connectivity index (χ2v) is 8.64. The molecule has 0 saturated carbocycles. The molecule has 0 aliphatic carbocycles. The number of hydrogen-bond acceptors (Lipinski definition) is 4. The summed E-state index contributed by atoms with van der Waals surface area (Å²) in [5.41, 5.74) is 0.404. The van der Waals surface area contributed by atoms with Crippen LogP contribution in [0.1, 0.15) is 33.6 Å². The van der Waals surface area contributed by atoms with E-state index in [-0.39, 0.29) is 12.6 Å². The first-order valence-corrected chi connectivity index (χ1v) is 10.2. The van der Waals surface area contributed by atoms with E-state index >= 15 is 0 Å². The summed E-state index contributed by atoms with van der Waals surface area (Å²) >= 11 is 0. The first kappa shape index (κ1) is 19.6. The summed E-state index contributed by atoms with van der Waals surface area (Å²) in [5.74, 6) is -0.369. The highest BCUT2D eigenvalue weighted by atomic mass is 28.4. The standard InChI is InChI=1S/C18H28O4Si/c1-5-12-21-23(22-13-6-2,17-10-8-7-9-11-17)15-14-20-18(19)16(3)4/h7-11H,3,5-6,12-15H2,1-2,4H3. The molecular formula is C18H28O4Si. The molecular weight excluding hydrogens is 308 g/mol. The van der Waals surface area contributed by atoms with Gasteiger partial charge in [-0.2, -0.15) is 0 Å². The number of hydrogen-bond donors (Lipinski definition) is 0. The average Bonchev–Trinajstić information content (AvgIpc) is 2.57. The lowest BCUT2D eigenvalue weighted by Crippen LogP contribution is -2.55. The van der Waals surface area contributed by atoms with Crippen LogP contribution in [0.2, 0.25) is 6.04 Å². The lowest BCUT2D eigenvalue weighted by Gasteiger charge is -2.31. The molecule has 0 aliphatic heterocycles. The molecule has 0 heterocycles. The molecule has 1 aromatic rings. The van der Waals surface area contributed by atoms with Crippen molar-refractivity contribution in [2.75, 3.05) is 19.8 Å². The summed E-state index contributed by atoms with van der Waals surface area (Å²) < 4.78 is 17.7. The lowest BCUT2D eigenvalue weighted by molar-refractivity contribution is -0.138. The van der Waals surface area contributed by atoms with Gasteiger partial charge in [0.05, 0.1) is 6.61 Å². The second kappa shape index (κ2) is 10.4. The molecule has 0 aromatic heterocycles. The molecule has 0 radical (unpaired) electrons. The highest BCUT2D eigenvalue weighted by molar-refractivity contribution is 6.81. The summed E-state index contributed by atoms with van der Waals surface area (Å²) in [6.07, 6.45) is 1.84. The predicted octanol–water partition coefficient (Wildman–Crippen LogP) is 3.31. The molecule has 128 valence electrons. The maximum Gasteiger partial charge on any atom is 0.375 e. The fourth-order valence-corrected chi connectivity index (χ4v) is 5.26. The van der Waals surface area contributed by atoms with Gasteiger partial charge in [0.2, 0.25) is 0 Å². The SMILES string of the molecule is C=C(C)C(=O)OCC[Si](OCCC)(OCCC)c1ccccc1. The zero-order valence-corrected chi connectivity index (χ0v) is 15.5. The van der Waals surface area contributed by atoms with E-state index in [1.54, 1.807) is 6.92 Å². The zero-order chi connectivity index (χ0) is 17.1. The van der Waals surface area contributed by atoms with Crippen LogP contribution in [-0.2, 0) is 18.4 Å². The molecule has 4 nitrogen and oxygen atoms in total. The predicted molar refractivity (Wildman–Crippen MR) is 94.9 cm³/mol. The molecule has 0 spiro atoms. The molecule has 0 N–H and O–H groups in total. The fourth-order valence-electron chi connectivity index (χ4n) is 2.12. The van der Waals surface area contributed by atoms with Crippen LogP contribution in [0, 0.1) is 0 Å². The largest absolute Gasteiger partial charge is 0.462 e. The number of carbonyl (C=O) groups excluding carboxylic acids is 1. The van der Waals surface area contributed by atoms with Crippen LogP contribution >= 0.6 is 0 Å². The van der Waals surface area contributed by atoms with Gasteiger partial charge in [-0.1, -0.05) is 50.8 Å². The Labute approximate surface area is 140 Å². The molecule has 5 heteroatoms. The molecule has 0 fully saturated rings.